The molecule has 2 fully saturated rings. The Morgan fingerprint density at radius 2 is 1.81 bits per heavy atom. The van der Waals surface area contributed by atoms with E-state index >= 15 is 0 Å². The molecule has 2 heterocycles. The maximum Gasteiger partial charge on any atom is 0.416 e. The molecule has 1 amide bonds. The van der Waals surface area contributed by atoms with Gasteiger partial charge < -0.3 is 9.80 Å². The maximum atomic E-state index is 13.0. The van der Waals surface area contributed by atoms with E-state index in [9.17, 15) is 32.8 Å². The summed E-state index contributed by atoms with van der Waals surface area (Å²) >= 11 is 0. The monoisotopic (exact) mass is 447 g/mol. The lowest BCUT2D eigenvalue weighted by atomic mass is 10.1. The van der Waals surface area contributed by atoms with E-state index in [-0.39, 0.29) is 24.7 Å². The van der Waals surface area contributed by atoms with Gasteiger partial charge in [0, 0.05) is 44.1 Å². The zero-order chi connectivity index (χ0) is 23.0. The van der Waals surface area contributed by atoms with Gasteiger partial charge in [-0.2, -0.15) is 18.4 Å². The molecule has 1 saturated carbocycles. The average molecular weight is 447 g/mol. The molecule has 1 aromatic carbocycles. The van der Waals surface area contributed by atoms with Crippen LogP contribution in [0.3, 0.4) is 0 Å². The van der Waals surface area contributed by atoms with Gasteiger partial charge in [0.1, 0.15) is 18.2 Å². The highest BCUT2D eigenvalue weighted by Crippen LogP contribution is 2.33. The van der Waals surface area contributed by atoms with E-state index in [1.807, 2.05) is 0 Å². The minimum absolute atomic E-state index is 0.0624. The molecule has 2 aromatic rings. The second-order valence-electron chi connectivity index (χ2n) is 7.88. The number of carbonyl (C=O) groups excluding carboxylic acids is 1. The molecular formula is C21H20F3N5O3. The smallest absolute Gasteiger partial charge is 0.368 e. The molecule has 8 nitrogen and oxygen atoms in total. The van der Waals surface area contributed by atoms with Crippen LogP contribution in [-0.2, 0) is 17.5 Å². The molecule has 1 aliphatic heterocycles. The first kappa shape index (κ1) is 21.7. The Balaban J connectivity index is 1.46. The van der Waals surface area contributed by atoms with Crippen LogP contribution in [0.4, 0.5) is 18.9 Å². The fraction of sp³-hybridized carbons (Fsp3) is 0.429. The van der Waals surface area contributed by atoms with Gasteiger partial charge in [-0.3, -0.25) is 14.2 Å². The van der Waals surface area contributed by atoms with Crippen molar-refractivity contribution in [3.05, 3.63) is 62.4 Å². The van der Waals surface area contributed by atoms with Crippen LogP contribution in [0.15, 0.2) is 40.1 Å². The number of hydrogen-bond donors (Lipinski definition) is 0. The molecule has 0 bridgehead atoms. The summed E-state index contributed by atoms with van der Waals surface area (Å²) in [5, 5.41) is 9.20. The molecule has 1 aliphatic carbocycles. The van der Waals surface area contributed by atoms with Gasteiger partial charge in [-0.1, -0.05) is 6.07 Å². The highest BCUT2D eigenvalue weighted by molar-refractivity contribution is 5.76. The van der Waals surface area contributed by atoms with Gasteiger partial charge in [-0.25, -0.2) is 9.36 Å². The van der Waals surface area contributed by atoms with E-state index in [2.05, 4.69) is 0 Å². The van der Waals surface area contributed by atoms with Crippen LogP contribution in [0.1, 0.15) is 30.0 Å². The van der Waals surface area contributed by atoms with Crippen molar-refractivity contribution < 1.29 is 18.0 Å². The number of anilines is 1. The average Bonchev–Trinajstić information content (AvgIpc) is 3.61. The van der Waals surface area contributed by atoms with Gasteiger partial charge in [-0.15, -0.1) is 0 Å². The molecule has 1 saturated heterocycles. The molecule has 0 atom stereocenters. The summed E-state index contributed by atoms with van der Waals surface area (Å²) in [6.07, 6.45) is -1.65. The van der Waals surface area contributed by atoms with E-state index in [0.717, 1.165) is 29.5 Å². The number of carbonyl (C=O) groups is 1. The van der Waals surface area contributed by atoms with Crippen LogP contribution in [0.2, 0.25) is 0 Å². The van der Waals surface area contributed by atoms with Crippen molar-refractivity contribution in [1.29, 1.82) is 5.26 Å². The summed E-state index contributed by atoms with van der Waals surface area (Å²) in [6.45, 7) is 0.611. The van der Waals surface area contributed by atoms with Gasteiger partial charge in [0.25, 0.3) is 5.56 Å². The Bertz CT molecular complexity index is 1200. The summed E-state index contributed by atoms with van der Waals surface area (Å²) in [5.74, 6) is -0.453. The van der Waals surface area contributed by atoms with Gasteiger partial charge in [-0.05, 0) is 31.0 Å². The quantitative estimate of drug-likeness (QED) is 0.710. The molecule has 32 heavy (non-hydrogen) atoms. The first-order valence-electron chi connectivity index (χ1n) is 10.1. The van der Waals surface area contributed by atoms with E-state index in [0.29, 0.717) is 18.8 Å². The number of rotatable bonds is 4. The highest BCUT2D eigenvalue weighted by atomic mass is 19.4. The Kier molecular flexibility index (Phi) is 5.54. The number of nitrogens with zero attached hydrogens (tertiary/aromatic N) is 5. The third-order valence-electron chi connectivity index (χ3n) is 5.72. The third-order valence-corrected chi connectivity index (χ3v) is 5.72. The summed E-state index contributed by atoms with van der Waals surface area (Å²) in [4.78, 5) is 41.1. The van der Waals surface area contributed by atoms with E-state index in [1.54, 1.807) is 17.0 Å². The number of amides is 1. The predicted molar refractivity (Wildman–Crippen MR) is 108 cm³/mol. The van der Waals surface area contributed by atoms with Crippen molar-refractivity contribution in [2.45, 2.75) is 31.6 Å². The summed E-state index contributed by atoms with van der Waals surface area (Å²) in [5.41, 5.74) is -1.94. The van der Waals surface area contributed by atoms with Crippen molar-refractivity contribution in [3.63, 3.8) is 0 Å². The van der Waals surface area contributed by atoms with Crippen LogP contribution in [0.25, 0.3) is 0 Å². The molecule has 4 rings (SSSR count). The molecule has 11 heteroatoms. The highest BCUT2D eigenvalue weighted by Gasteiger charge is 2.32. The van der Waals surface area contributed by atoms with E-state index in [4.69, 9.17) is 0 Å². The van der Waals surface area contributed by atoms with Crippen LogP contribution < -0.4 is 16.1 Å². The number of aromatic nitrogens is 2. The molecule has 0 N–H and O–H groups in total. The largest absolute Gasteiger partial charge is 0.416 e. The minimum Gasteiger partial charge on any atom is -0.368 e. The first-order chi connectivity index (χ1) is 15.2. The summed E-state index contributed by atoms with van der Waals surface area (Å²) < 4.78 is 41.0. The van der Waals surface area contributed by atoms with Gasteiger partial charge in [0.05, 0.1) is 5.56 Å². The molecular weight excluding hydrogens is 427 g/mol. The van der Waals surface area contributed by atoms with Crippen molar-refractivity contribution >= 4 is 11.6 Å². The van der Waals surface area contributed by atoms with Gasteiger partial charge in [0.2, 0.25) is 5.91 Å². The van der Waals surface area contributed by atoms with E-state index < -0.39 is 35.4 Å². The number of halogens is 3. The lowest BCUT2D eigenvalue weighted by Gasteiger charge is -2.36. The van der Waals surface area contributed by atoms with Crippen LogP contribution >= 0.6 is 0 Å². The Labute approximate surface area is 180 Å². The zero-order valence-corrected chi connectivity index (χ0v) is 17.0. The van der Waals surface area contributed by atoms with Crippen LogP contribution in [-0.4, -0.2) is 46.1 Å². The number of alkyl halides is 3. The molecule has 0 spiro atoms. The number of benzene rings is 1. The zero-order valence-electron chi connectivity index (χ0n) is 17.0. The number of piperazine rings is 1. The topological polar surface area (TPSA) is 91.3 Å². The molecule has 1 aromatic heterocycles. The van der Waals surface area contributed by atoms with Crippen molar-refractivity contribution in [3.8, 4) is 6.07 Å². The van der Waals surface area contributed by atoms with Crippen LogP contribution in [0.5, 0.6) is 0 Å². The molecule has 0 unspecified atom stereocenters. The normalized spacial score (nSPS) is 16.7. The Morgan fingerprint density at radius 1 is 1.12 bits per heavy atom. The SMILES string of the molecule is N#Cc1cn(C2CC2)c(=O)n(CC(=O)N2CCN(c3cccc(C(F)(F)F)c3)CC2)c1=O. The lowest BCUT2D eigenvalue weighted by molar-refractivity contribution is -0.137. The standard InChI is InChI=1S/C21H20F3N5O3/c22-21(23,24)15-2-1-3-17(10-15)26-6-8-27(9-7-26)18(30)13-29-19(31)14(11-25)12-28(20(29)32)16-4-5-16/h1-3,10,12,16H,4-9,13H2. The van der Waals surface area contributed by atoms with Crippen molar-refractivity contribution in [2.24, 2.45) is 0 Å². The predicted octanol–water partition coefficient (Wildman–Crippen LogP) is 1.58. The molecule has 2 aliphatic rings. The molecule has 0 radical (unpaired) electrons. The second-order valence-corrected chi connectivity index (χ2v) is 7.88. The second kappa shape index (κ2) is 8.18. The molecule has 168 valence electrons. The fourth-order valence-electron chi connectivity index (χ4n) is 3.78. The van der Waals surface area contributed by atoms with E-state index in [1.165, 1.54) is 21.7 Å². The fourth-order valence-corrected chi connectivity index (χ4v) is 3.78. The first-order valence-corrected chi connectivity index (χ1v) is 10.1. The van der Waals surface area contributed by atoms with Crippen LogP contribution in [0, 0.1) is 11.3 Å². The Hall–Kier alpha value is -3.55. The third kappa shape index (κ3) is 4.26. The van der Waals surface area contributed by atoms with Gasteiger partial charge in [0.15, 0.2) is 0 Å². The maximum absolute atomic E-state index is 13.0. The minimum atomic E-state index is -4.44. The Morgan fingerprint density at radius 3 is 2.41 bits per heavy atom. The van der Waals surface area contributed by atoms with Crippen molar-refractivity contribution in [2.75, 3.05) is 31.1 Å². The lowest BCUT2D eigenvalue weighted by Crippen LogP contribution is -2.51. The summed E-state index contributed by atoms with van der Waals surface area (Å²) in [7, 11) is 0. The number of hydrogen-bond acceptors (Lipinski definition) is 5. The van der Waals surface area contributed by atoms with Crippen molar-refractivity contribution in [1.82, 2.24) is 14.0 Å². The summed E-state index contributed by atoms with van der Waals surface area (Å²) in [6, 6.07) is 6.72. The van der Waals surface area contributed by atoms with Gasteiger partial charge >= 0.3 is 11.9 Å². The number of nitriles is 1.